The van der Waals surface area contributed by atoms with E-state index in [9.17, 15) is 10.1 Å². The minimum atomic E-state index is -0.478. The fraction of sp³-hybridized carbons (Fsp3) is 0.750. The summed E-state index contributed by atoms with van der Waals surface area (Å²) in [5, 5.41) is 14.7. The second kappa shape index (κ2) is 4.86. The number of nitro groups is 1. The van der Waals surface area contributed by atoms with Gasteiger partial charge in [0.15, 0.2) is 0 Å². The van der Waals surface area contributed by atoms with Gasteiger partial charge < -0.3 is 14.9 Å². The molecule has 1 aromatic heterocycles. The Morgan fingerprint density at radius 1 is 1.53 bits per heavy atom. The molecule has 0 amide bonds. The van der Waals surface area contributed by atoms with E-state index >= 15 is 0 Å². The molecule has 1 unspecified atom stereocenters. The summed E-state index contributed by atoms with van der Waals surface area (Å²) in [6.07, 6.45) is 8.74. The van der Waals surface area contributed by atoms with Crippen LogP contribution in [0.2, 0.25) is 0 Å². The monoisotopic (exact) mass is 329 g/mol. The molecule has 1 atom stereocenters. The Morgan fingerprint density at radius 2 is 2.26 bits per heavy atom. The molecule has 0 radical (unpaired) electrons. The summed E-state index contributed by atoms with van der Waals surface area (Å²) in [7, 11) is 0. The second-order valence-electron chi connectivity index (χ2n) is 5.45. The van der Waals surface area contributed by atoms with Crippen LogP contribution in [0.3, 0.4) is 0 Å². The zero-order valence-corrected chi connectivity index (χ0v) is 12.1. The van der Waals surface area contributed by atoms with Crippen molar-refractivity contribution >= 4 is 21.7 Å². The van der Waals surface area contributed by atoms with E-state index in [0.29, 0.717) is 11.0 Å². The summed E-state index contributed by atoms with van der Waals surface area (Å²) in [6.45, 7) is 0.591. The molecule has 104 valence electrons. The molecule has 6 nitrogen and oxygen atoms in total. The maximum Gasteiger partial charge on any atom is 0.404 e. The second-order valence-corrected chi connectivity index (χ2v) is 6.30. The zero-order valence-electron chi connectivity index (χ0n) is 10.5. The molecule has 2 aliphatic rings. The molecule has 7 heteroatoms. The number of aromatic nitrogens is 2. The van der Waals surface area contributed by atoms with E-state index < -0.39 is 4.92 Å². The lowest BCUT2D eigenvalue weighted by atomic mass is 9.98. The van der Waals surface area contributed by atoms with Gasteiger partial charge in [0.05, 0.1) is 29.5 Å². The predicted octanol–water partition coefficient (Wildman–Crippen LogP) is 3.05. The van der Waals surface area contributed by atoms with Crippen LogP contribution in [-0.4, -0.2) is 26.4 Å². The highest BCUT2D eigenvalue weighted by atomic mass is 79.9. The van der Waals surface area contributed by atoms with Crippen LogP contribution in [0.4, 0.5) is 5.82 Å². The number of halogens is 1. The Bertz CT molecular complexity index is 496. The molecule has 2 fully saturated rings. The van der Waals surface area contributed by atoms with Gasteiger partial charge in [0.1, 0.15) is 4.47 Å². The van der Waals surface area contributed by atoms with Crippen molar-refractivity contribution in [3.05, 3.63) is 20.8 Å². The van der Waals surface area contributed by atoms with E-state index in [1.807, 2.05) is 0 Å². The molecular formula is C12H16BrN3O3. The van der Waals surface area contributed by atoms with E-state index in [1.54, 1.807) is 10.9 Å². The van der Waals surface area contributed by atoms with Crippen LogP contribution in [-0.2, 0) is 11.3 Å². The molecule has 19 heavy (non-hydrogen) atoms. The Morgan fingerprint density at radius 3 is 2.89 bits per heavy atom. The lowest BCUT2D eigenvalue weighted by molar-refractivity contribution is -0.390. The van der Waals surface area contributed by atoms with Crippen molar-refractivity contribution < 1.29 is 9.66 Å². The maximum atomic E-state index is 10.7. The van der Waals surface area contributed by atoms with Gasteiger partial charge in [-0.3, -0.25) is 0 Å². The zero-order chi connectivity index (χ0) is 13.5. The molecule has 1 aromatic rings. The van der Waals surface area contributed by atoms with Crippen molar-refractivity contribution in [2.75, 3.05) is 0 Å². The van der Waals surface area contributed by atoms with Crippen LogP contribution in [0, 0.1) is 10.1 Å². The van der Waals surface area contributed by atoms with Crippen molar-refractivity contribution in [3.63, 3.8) is 0 Å². The first kappa shape index (κ1) is 13.1. The summed E-state index contributed by atoms with van der Waals surface area (Å²) < 4.78 is 8.21. The van der Waals surface area contributed by atoms with Gasteiger partial charge in [-0.2, -0.15) is 4.68 Å². The first-order chi connectivity index (χ1) is 9.08. The first-order valence-electron chi connectivity index (χ1n) is 6.63. The molecule has 1 spiro atoms. The van der Waals surface area contributed by atoms with E-state index in [0.717, 1.165) is 25.7 Å². The minimum absolute atomic E-state index is 0.0982. The highest BCUT2D eigenvalue weighted by molar-refractivity contribution is 9.10. The summed E-state index contributed by atoms with van der Waals surface area (Å²) in [5.74, 6) is -0.131. The molecule has 0 aromatic carbocycles. The molecule has 1 aliphatic carbocycles. The van der Waals surface area contributed by atoms with Gasteiger partial charge in [-0.1, -0.05) is 12.8 Å². The van der Waals surface area contributed by atoms with Crippen LogP contribution in [0.15, 0.2) is 10.7 Å². The fourth-order valence-electron chi connectivity index (χ4n) is 3.22. The predicted molar refractivity (Wildman–Crippen MR) is 71.9 cm³/mol. The van der Waals surface area contributed by atoms with Crippen molar-refractivity contribution in [2.24, 2.45) is 0 Å². The van der Waals surface area contributed by atoms with Crippen LogP contribution < -0.4 is 0 Å². The topological polar surface area (TPSA) is 70.2 Å². The lowest BCUT2D eigenvalue weighted by Crippen LogP contribution is -2.26. The van der Waals surface area contributed by atoms with E-state index in [1.165, 1.54) is 12.8 Å². The average molecular weight is 330 g/mol. The van der Waals surface area contributed by atoms with Crippen LogP contribution in [0.1, 0.15) is 38.5 Å². The number of nitrogens with zero attached hydrogens (tertiary/aromatic N) is 3. The summed E-state index contributed by atoms with van der Waals surface area (Å²) in [6, 6.07) is 0. The standard InChI is InChI=1S/C12H16BrN3O3/c13-10-8-15(14-11(10)16(17)18)7-9-3-6-12(19-9)4-1-2-5-12/h8-9H,1-7H2. The van der Waals surface area contributed by atoms with Crippen molar-refractivity contribution in [1.29, 1.82) is 0 Å². The molecule has 2 heterocycles. The van der Waals surface area contributed by atoms with Crippen molar-refractivity contribution in [1.82, 2.24) is 9.78 Å². The normalized spacial score (nSPS) is 25.2. The summed E-state index contributed by atoms with van der Waals surface area (Å²) in [5.41, 5.74) is 0.0982. The molecule has 0 bridgehead atoms. The maximum absolute atomic E-state index is 10.7. The summed E-state index contributed by atoms with van der Waals surface area (Å²) >= 11 is 3.16. The van der Waals surface area contributed by atoms with Gasteiger partial charge in [-0.25, -0.2) is 0 Å². The average Bonchev–Trinajstić information content (AvgIpc) is 3.04. The van der Waals surface area contributed by atoms with Crippen LogP contribution in [0.25, 0.3) is 0 Å². The van der Waals surface area contributed by atoms with Gasteiger partial charge in [-0.15, -0.1) is 0 Å². The molecular weight excluding hydrogens is 314 g/mol. The molecule has 3 rings (SSSR count). The highest BCUT2D eigenvalue weighted by Crippen LogP contribution is 2.43. The number of ether oxygens (including phenoxy) is 1. The Kier molecular flexibility index (Phi) is 3.34. The SMILES string of the molecule is O=[N+]([O-])c1nn(CC2CCC3(CCCC3)O2)cc1Br. The molecule has 1 saturated carbocycles. The highest BCUT2D eigenvalue weighted by Gasteiger charge is 2.42. The third-order valence-corrected chi connectivity index (χ3v) is 4.68. The Labute approximate surface area is 119 Å². The fourth-order valence-corrected chi connectivity index (χ4v) is 3.68. The lowest BCUT2D eigenvalue weighted by Gasteiger charge is -2.23. The number of rotatable bonds is 3. The number of hydrogen-bond donors (Lipinski definition) is 0. The largest absolute Gasteiger partial charge is 0.404 e. The Balaban J connectivity index is 1.66. The van der Waals surface area contributed by atoms with Crippen molar-refractivity contribution in [3.8, 4) is 0 Å². The van der Waals surface area contributed by atoms with Crippen molar-refractivity contribution in [2.45, 2.75) is 56.8 Å². The van der Waals surface area contributed by atoms with E-state index in [4.69, 9.17) is 4.74 Å². The third kappa shape index (κ3) is 2.53. The molecule has 1 aliphatic heterocycles. The van der Waals surface area contributed by atoms with E-state index in [2.05, 4.69) is 21.0 Å². The smallest absolute Gasteiger partial charge is 0.370 e. The first-order valence-corrected chi connectivity index (χ1v) is 7.42. The van der Waals surface area contributed by atoms with Crippen LogP contribution >= 0.6 is 15.9 Å². The van der Waals surface area contributed by atoms with Gasteiger partial charge in [0.25, 0.3) is 0 Å². The molecule has 0 N–H and O–H groups in total. The van der Waals surface area contributed by atoms with E-state index in [-0.39, 0.29) is 17.5 Å². The Hall–Kier alpha value is -0.950. The van der Waals surface area contributed by atoms with Gasteiger partial charge in [0.2, 0.25) is 0 Å². The minimum Gasteiger partial charge on any atom is -0.370 e. The quantitative estimate of drug-likeness (QED) is 0.631. The van der Waals surface area contributed by atoms with Gasteiger partial charge in [-0.05, 0) is 46.5 Å². The van der Waals surface area contributed by atoms with Gasteiger partial charge >= 0.3 is 5.82 Å². The summed E-state index contributed by atoms with van der Waals surface area (Å²) in [4.78, 5) is 10.3. The van der Waals surface area contributed by atoms with Gasteiger partial charge in [0, 0.05) is 0 Å². The van der Waals surface area contributed by atoms with Crippen LogP contribution in [0.5, 0.6) is 0 Å². The number of hydrogen-bond acceptors (Lipinski definition) is 4. The third-order valence-electron chi connectivity index (χ3n) is 4.12. The molecule has 1 saturated heterocycles.